The van der Waals surface area contributed by atoms with Gasteiger partial charge in [-0.1, -0.05) is 22.9 Å². The molecule has 0 aromatic rings. The van der Waals surface area contributed by atoms with E-state index in [2.05, 4.69) is 15.9 Å². The molecule has 54 valence electrons. The lowest BCUT2D eigenvalue weighted by atomic mass is 9.80. The molecule has 1 rings (SSSR count). The van der Waals surface area contributed by atoms with E-state index < -0.39 is 5.92 Å². The second kappa shape index (κ2) is 2.19. The minimum absolute atomic E-state index is 0.0689. The molecular formula is C6H9BrF2. The Balaban J connectivity index is 2.27. The van der Waals surface area contributed by atoms with Crippen molar-refractivity contribution in [3.05, 3.63) is 0 Å². The number of halogens is 3. The van der Waals surface area contributed by atoms with E-state index in [-0.39, 0.29) is 23.6 Å². The topological polar surface area (TPSA) is 0 Å². The average molecular weight is 199 g/mol. The number of hydrogen-bond donors (Lipinski definition) is 0. The van der Waals surface area contributed by atoms with Gasteiger partial charge < -0.3 is 0 Å². The quantitative estimate of drug-likeness (QED) is 0.569. The van der Waals surface area contributed by atoms with Gasteiger partial charge in [0, 0.05) is 17.7 Å². The number of rotatable bonds is 1. The van der Waals surface area contributed by atoms with Crippen LogP contribution in [-0.4, -0.2) is 10.7 Å². The van der Waals surface area contributed by atoms with Gasteiger partial charge in [-0.15, -0.1) is 0 Å². The van der Waals surface area contributed by atoms with Crippen LogP contribution in [0.1, 0.15) is 19.8 Å². The summed E-state index contributed by atoms with van der Waals surface area (Å²) in [5.41, 5.74) is 0. The molecule has 0 heterocycles. The molecule has 0 aromatic carbocycles. The zero-order chi connectivity index (χ0) is 7.07. The van der Waals surface area contributed by atoms with Gasteiger partial charge in [0.2, 0.25) is 5.92 Å². The van der Waals surface area contributed by atoms with Crippen molar-refractivity contribution < 1.29 is 8.78 Å². The molecule has 0 aromatic heterocycles. The maximum atomic E-state index is 12.1. The van der Waals surface area contributed by atoms with Gasteiger partial charge in [0.1, 0.15) is 0 Å². The second-order valence-corrected chi connectivity index (χ2v) is 4.15. The molecule has 1 aliphatic carbocycles. The third-order valence-electron chi connectivity index (χ3n) is 1.77. The first kappa shape index (κ1) is 7.45. The normalized spacial score (nSPS) is 29.3. The fraction of sp³-hybridized carbons (Fsp3) is 1.00. The van der Waals surface area contributed by atoms with Crippen molar-refractivity contribution in [3.63, 3.8) is 0 Å². The molecule has 1 unspecified atom stereocenters. The van der Waals surface area contributed by atoms with Crippen molar-refractivity contribution >= 4 is 15.9 Å². The van der Waals surface area contributed by atoms with Gasteiger partial charge >= 0.3 is 0 Å². The Kier molecular flexibility index (Phi) is 1.81. The van der Waals surface area contributed by atoms with Crippen LogP contribution in [-0.2, 0) is 0 Å². The first-order valence-corrected chi connectivity index (χ1v) is 3.95. The number of hydrogen-bond acceptors (Lipinski definition) is 0. The van der Waals surface area contributed by atoms with Gasteiger partial charge in [0.25, 0.3) is 0 Å². The average Bonchev–Trinajstić information content (AvgIpc) is 1.59. The lowest BCUT2D eigenvalue weighted by Gasteiger charge is -2.36. The predicted octanol–water partition coefficient (Wildman–Crippen LogP) is 2.82. The summed E-state index contributed by atoms with van der Waals surface area (Å²) in [5.74, 6) is -2.16. The number of alkyl halides is 3. The first-order chi connectivity index (χ1) is 4.01. The fourth-order valence-electron chi connectivity index (χ4n) is 1.03. The summed E-state index contributed by atoms with van der Waals surface area (Å²) in [5, 5.41) is 0. The summed E-state index contributed by atoms with van der Waals surface area (Å²) in [4.78, 5) is 0.247. The first-order valence-electron chi connectivity index (χ1n) is 3.03. The van der Waals surface area contributed by atoms with Crippen LogP contribution in [0.2, 0.25) is 0 Å². The maximum Gasteiger partial charge on any atom is 0.248 e. The van der Waals surface area contributed by atoms with Crippen molar-refractivity contribution in [2.45, 2.75) is 30.5 Å². The van der Waals surface area contributed by atoms with Crippen LogP contribution in [0.25, 0.3) is 0 Å². The largest absolute Gasteiger partial charge is 0.248 e. The van der Waals surface area contributed by atoms with Crippen molar-refractivity contribution in [1.29, 1.82) is 0 Å². The van der Waals surface area contributed by atoms with Crippen LogP contribution in [0.4, 0.5) is 8.78 Å². The van der Waals surface area contributed by atoms with E-state index in [4.69, 9.17) is 0 Å². The summed E-state index contributed by atoms with van der Waals surface area (Å²) in [6, 6.07) is 0. The molecule has 0 N–H and O–H groups in total. The third-order valence-corrected chi connectivity index (χ3v) is 2.52. The molecule has 0 bridgehead atoms. The van der Waals surface area contributed by atoms with Gasteiger partial charge in [-0.05, 0) is 5.92 Å². The van der Waals surface area contributed by atoms with Crippen molar-refractivity contribution in [2.75, 3.05) is 0 Å². The SMILES string of the molecule is CC(Br)C1CC(F)(F)C1. The van der Waals surface area contributed by atoms with E-state index in [9.17, 15) is 8.78 Å². The molecule has 1 saturated carbocycles. The molecule has 0 saturated heterocycles. The van der Waals surface area contributed by atoms with Crippen LogP contribution in [0, 0.1) is 5.92 Å². The van der Waals surface area contributed by atoms with Gasteiger partial charge in [-0.3, -0.25) is 0 Å². The van der Waals surface area contributed by atoms with Crippen molar-refractivity contribution in [3.8, 4) is 0 Å². The Bertz CT molecular complexity index is 104. The lowest BCUT2D eigenvalue weighted by molar-refractivity contribution is -0.108. The fourth-order valence-corrected chi connectivity index (χ4v) is 1.41. The molecule has 1 aliphatic rings. The highest BCUT2D eigenvalue weighted by Gasteiger charge is 2.46. The highest BCUT2D eigenvalue weighted by molar-refractivity contribution is 9.09. The molecule has 3 heteroatoms. The van der Waals surface area contributed by atoms with Crippen LogP contribution < -0.4 is 0 Å². The van der Waals surface area contributed by atoms with Gasteiger partial charge in [-0.2, -0.15) is 0 Å². The molecule has 0 spiro atoms. The molecule has 0 radical (unpaired) electrons. The Hall–Kier alpha value is 0.340. The van der Waals surface area contributed by atoms with E-state index in [1.54, 1.807) is 0 Å². The van der Waals surface area contributed by atoms with Crippen molar-refractivity contribution in [1.82, 2.24) is 0 Å². The molecule has 9 heavy (non-hydrogen) atoms. The Morgan fingerprint density at radius 1 is 1.56 bits per heavy atom. The molecule has 1 atom stereocenters. The minimum atomic E-state index is -2.35. The summed E-state index contributed by atoms with van der Waals surface area (Å²) in [6.45, 7) is 1.92. The van der Waals surface area contributed by atoms with Gasteiger partial charge in [0.15, 0.2) is 0 Å². The van der Waals surface area contributed by atoms with Crippen molar-refractivity contribution in [2.24, 2.45) is 5.92 Å². The zero-order valence-electron chi connectivity index (χ0n) is 5.20. The molecule has 1 fully saturated rings. The monoisotopic (exact) mass is 198 g/mol. The Morgan fingerprint density at radius 3 is 2.11 bits per heavy atom. The maximum absolute atomic E-state index is 12.1. The van der Waals surface area contributed by atoms with Gasteiger partial charge in [0.05, 0.1) is 0 Å². The lowest BCUT2D eigenvalue weighted by Crippen LogP contribution is -2.39. The van der Waals surface area contributed by atoms with E-state index in [1.807, 2.05) is 6.92 Å². The van der Waals surface area contributed by atoms with Crippen LogP contribution >= 0.6 is 15.9 Å². The van der Waals surface area contributed by atoms with E-state index in [0.29, 0.717) is 0 Å². The van der Waals surface area contributed by atoms with E-state index >= 15 is 0 Å². The summed E-state index contributed by atoms with van der Waals surface area (Å²) < 4.78 is 24.3. The van der Waals surface area contributed by atoms with Gasteiger partial charge in [-0.25, -0.2) is 8.78 Å². The molecule has 0 aliphatic heterocycles. The van der Waals surface area contributed by atoms with E-state index in [1.165, 1.54) is 0 Å². The zero-order valence-corrected chi connectivity index (χ0v) is 6.79. The predicted molar refractivity (Wildman–Crippen MR) is 36.1 cm³/mol. The second-order valence-electron chi connectivity index (χ2n) is 2.70. The van der Waals surface area contributed by atoms with Crippen LogP contribution in [0.5, 0.6) is 0 Å². The van der Waals surface area contributed by atoms with Crippen LogP contribution in [0.15, 0.2) is 0 Å². The highest BCUT2D eigenvalue weighted by Crippen LogP contribution is 2.45. The summed E-state index contributed by atoms with van der Waals surface area (Å²) in [6.07, 6.45) is 0.138. The minimum Gasteiger partial charge on any atom is -0.207 e. The van der Waals surface area contributed by atoms with E-state index in [0.717, 1.165) is 0 Å². The smallest absolute Gasteiger partial charge is 0.207 e. The van der Waals surface area contributed by atoms with Crippen LogP contribution in [0.3, 0.4) is 0 Å². The molecule has 0 nitrogen and oxygen atoms in total. The molecule has 0 amide bonds. The third kappa shape index (κ3) is 1.63. The highest BCUT2D eigenvalue weighted by atomic mass is 79.9. The standard InChI is InChI=1S/C6H9BrF2/c1-4(7)5-2-6(8,9)3-5/h4-5H,2-3H2,1H3. The molecular weight excluding hydrogens is 190 g/mol. The summed E-state index contributed by atoms with van der Waals surface area (Å²) >= 11 is 3.27. The summed E-state index contributed by atoms with van der Waals surface area (Å²) in [7, 11) is 0. The Labute approximate surface area is 61.8 Å². The Morgan fingerprint density at radius 2 is 2.00 bits per heavy atom.